The number of nitrogens with one attached hydrogen (secondary N) is 1. The summed E-state index contributed by atoms with van der Waals surface area (Å²) in [7, 11) is 0. The average molecular weight is 289 g/mol. The number of hydrogen-bond donors (Lipinski definition) is 1. The van der Waals surface area contributed by atoms with Crippen molar-refractivity contribution in [2.45, 2.75) is 39.3 Å². The van der Waals surface area contributed by atoms with Gasteiger partial charge in [-0.05, 0) is 36.9 Å². The van der Waals surface area contributed by atoms with E-state index in [1.165, 1.54) is 10.4 Å². The molecular weight excluding hydrogens is 266 g/mol. The van der Waals surface area contributed by atoms with Gasteiger partial charge in [-0.15, -0.1) is 11.3 Å². The van der Waals surface area contributed by atoms with Crippen LogP contribution in [0, 0.1) is 0 Å². The number of ether oxygens (including phenoxy) is 1. The predicted octanol–water partition coefficient (Wildman–Crippen LogP) is 4.78. The van der Waals surface area contributed by atoms with Crippen LogP contribution in [0.15, 0.2) is 41.8 Å². The van der Waals surface area contributed by atoms with Crippen LogP contribution in [0.25, 0.3) is 0 Å². The molecule has 0 bridgehead atoms. The Hall–Kier alpha value is -1.32. The smallest absolute Gasteiger partial charge is 0.124 e. The van der Waals surface area contributed by atoms with Gasteiger partial charge < -0.3 is 10.1 Å². The fraction of sp³-hybridized carbons (Fsp3) is 0.412. The lowest BCUT2D eigenvalue weighted by atomic mass is 10.0. The third-order valence-corrected chi connectivity index (χ3v) is 4.14. The van der Waals surface area contributed by atoms with Gasteiger partial charge in [0.2, 0.25) is 0 Å². The molecule has 3 heteroatoms. The molecule has 0 saturated carbocycles. The van der Waals surface area contributed by atoms with E-state index in [0.29, 0.717) is 12.6 Å². The molecule has 2 aromatic rings. The second kappa shape index (κ2) is 8.08. The summed E-state index contributed by atoms with van der Waals surface area (Å²) >= 11 is 1.74. The van der Waals surface area contributed by atoms with Crippen molar-refractivity contribution in [1.82, 2.24) is 5.32 Å². The van der Waals surface area contributed by atoms with E-state index in [0.717, 1.165) is 25.1 Å². The molecule has 1 aromatic carbocycles. The summed E-state index contributed by atoms with van der Waals surface area (Å²) in [6.45, 7) is 6.10. The van der Waals surface area contributed by atoms with Crippen molar-refractivity contribution < 1.29 is 4.74 Å². The van der Waals surface area contributed by atoms with E-state index in [1.54, 1.807) is 11.3 Å². The molecule has 2 rings (SSSR count). The Kier molecular flexibility index (Phi) is 6.09. The molecule has 20 heavy (non-hydrogen) atoms. The highest BCUT2D eigenvalue weighted by molar-refractivity contribution is 7.09. The molecule has 0 saturated heterocycles. The van der Waals surface area contributed by atoms with Crippen LogP contribution in [0.2, 0.25) is 0 Å². The fourth-order valence-electron chi connectivity index (χ4n) is 2.24. The lowest BCUT2D eigenvalue weighted by Crippen LogP contribution is -2.22. The van der Waals surface area contributed by atoms with Crippen molar-refractivity contribution in [3.8, 4) is 5.75 Å². The van der Waals surface area contributed by atoms with E-state index in [1.807, 2.05) is 6.07 Å². The molecule has 0 aliphatic carbocycles. The molecule has 1 aromatic heterocycles. The SMILES string of the molecule is CCCNC(CC)c1ccccc1OCc1cccs1. The minimum Gasteiger partial charge on any atom is -0.488 e. The van der Waals surface area contributed by atoms with E-state index >= 15 is 0 Å². The van der Waals surface area contributed by atoms with Gasteiger partial charge in [-0.2, -0.15) is 0 Å². The third-order valence-electron chi connectivity index (χ3n) is 3.29. The van der Waals surface area contributed by atoms with Gasteiger partial charge in [-0.1, -0.05) is 38.1 Å². The summed E-state index contributed by atoms with van der Waals surface area (Å²) in [4.78, 5) is 1.26. The topological polar surface area (TPSA) is 21.3 Å². The van der Waals surface area contributed by atoms with Crippen LogP contribution in [0.3, 0.4) is 0 Å². The number of thiophene rings is 1. The molecule has 1 heterocycles. The maximum atomic E-state index is 6.01. The lowest BCUT2D eigenvalue weighted by Gasteiger charge is -2.20. The zero-order chi connectivity index (χ0) is 14.2. The normalized spacial score (nSPS) is 12.3. The first-order valence-corrected chi connectivity index (χ1v) is 8.20. The molecule has 1 N–H and O–H groups in total. The summed E-state index contributed by atoms with van der Waals surface area (Å²) in [5.74, 6) is 0.997. The lowest BCUT2D eigenvalue weighted by molar-refractivity contribution is 0.301. The van der Waals surface area contributed by atoms with Gasteiger partial charge >= 0.3 is 0 Å². The van der Waals surface area contributed by atoms with Crippen LogP contribution >= 0.6 is 11.3 Å². The van der Waals surface area contributed by atoms with Crippen LogP contribution in [0.4, 0.5) is 0 Å². The van der Waals surface area contributed by atoms with Crippen LogP contribution in [0.5, 0.6) is 5.75 Å². The van der Waals surface area contributed by atoms with E-state index in [-0.39, 0.29) is 0 Å². The zero-order valence-corrected chi connectivity index (χ0v) is 13.1. The predicted molar refractivity (Wildman–Crippen MR) is 86.4 cm³/mol. The van der Waals surface area contributed by atoms with Crippen molar-refractivity contribution in [1.29, 1.82) is 0 Å². The summed E-state index contributed by atoms with van der Waals surface area (Å²) in [5.41, 5.74) is 1.26. The fourth-order valence-corrected chi connectivity index (χ4v) is 2.85. The van der Waals surface area contributed by atoms with E-state index in [9.17, 15) is 0 Å². The average Bonchev–Trinajstić information content (AvgIpc) is 3.00. The quantitative estimate of drug-likeness (QED) is 0.755. The Labute approximate surface area is 125 Å². The number of para-hydroxylation sites is 1. The van der Waals surface area contributed by atoms with Gasteiger partial charge in [-0.25, -0.2) is 0 Å². The Bertz CT molecular complexity index is 495. The molecule has 0 radical (unpaired) electrons. The highest BCUT2D eigenvalue weighted by atomic mass is 32.1. The molecule has 2 nitrogen and oxygen atoms in total. The molecule has 1 unspecified atom stereocenters. The first-order valence-electron chi connectivity index (χ1n) is 7.32. The van der Waals surface area contributed by atoms with Gasteiger partial charge in [0.05, 0.1) is 0 Å². The molecule has 0 aliphatic heterocycles. The van der Waals surface area contributed by atoms with Gasteiger partial charge in [-0.3, -0.25) is 0 Å². The number of hydrogen-bond acceptors (Lipinski definition) is 3. The maximum Gasteiger partial charge on any atom is 0.124 e. The Balaban J connectivity index is 2.07. The first-order chi connectivity index (χ1) is 9.85. The molecule has 108 valence electrons. The summed E-state index contributed by atoms with van der Waals surface area (Å²) in [6, 6.07) is 12.9. The van der Waals surface area contributed by atoms with Crippen molar-refractivity contribution in [2.24, 2.45) is 0 Å². The molecule has 1 atom stereocenters. The van der Waals surface area contributed by atoms with E-state index < -0.39 is 0 Å². The minimum absolute atomic E-state index is 0.370. The monoisotopic (exact) mass is 289 g/mol. The van der Waals surface area contributed by atoms with Crippen LogP contribution in [0.1, 0.15) is 43.2 Å². The van der Waals surface area contributed by atoms with Gasteiger partial charge in [0.25, 0.3) is 0 Å². The second-order valence-electron chi connectivity index (χ2n) is 4.82. The van der Waals surface area contributed by atoms with E-state index in [4.69, 9.17) is 4.74 Å². The highest BCUT2D eigenvalue weighted by Crippen LogP contribution is 2.28. The van der Waals surface area contributed by atoms with E-state index in [2.05, 4.69) is 54.9 Å². The van der Waals surface area contributed by atoms with Gasteiger partial charge in [0.15, 0.2) is 0 Å². The van der Waals surface area contributed by atoms with Crippen molar-refractivity contribution in [3.05, 3.63) is 52.2 Å². The summed E-state index contributed by atoms with van der Waals surface area (Å²) in [5, 5.41) is 5.68. The Morgan fingerprint density at radius 3 is 2.70 bits per heavy atom. The van der Waals surface area contributed by atoms with Gasteiger partial charge in [0, 0.05) is 16.5 Å². The van der Waals surface area contributed by atoms with Crippen molar-refractivity contribution >= 4 is 11.3 Å². The molecule has 0 amide bonds. The third kappa shape index (κ3) is 4.09. The molecular formula is C17H23NOS. The largest absolute Gasteiger partial charge is 0.488 e. The Morgan fingerprint density at radius 2 is 2.00 bits per heavy atom. The Morgan fingerprint density at radius 1 is 1.15 bits per heavy atom. The standard InChI is InChI=1S/C17H23NOS/c1-3-11-18-16(4-2)15-9-5-6-10-17(15)19-13-14-8-7-12-20-14/h5-10,12,16,18H,3-4,11,13H2,1-2H3. The van der Waals surface area contributed by atoms with Gasteiger partial charge in [0.1, 0.15) is 12.4 Å². The molecule has 0 aliphatic rings. The molecule has 0 spiro atoms. The summed E-state index contributed by atoms with van der Waals surface area (Å²) < 4.78 is 6.01. The minimum atomic E-state index is 0.370. The second-order valence-corrected chi connectivity index (χ2v) is 5.85. The van der Waals surface area contributed by atoms with Crippen LogP contribution < -0.4 is 10.1 Å². The maximum absolute atomic E-state index is 6.01. The molecule has 0 fully saturated rings. The summed E-state index contributed by atoms with van der Waals surface area (Å²) in [6.07, 6.45) is 2.22. The van der Waals surface area contributed by atoms with Crippen LogP contribution in [-0.4, -0.2) is 6.54 Å². The number of benzene rings is 1. The van der Waals surface area contributed by atoms with Crippen molar-refractivity contribution in [3.63, 3.8) is 0 Å². The zero-order valence-electron chi connectivity index (χ0n) is 12.3. The first kappa shape index (κ1) is 15.1. The number of rotatable bonds is 8. The highest BCUT2D eigenvalue weighted by Gasteiger charge is 2.13. The van der Waals surface area contributed by atoms with Crippen molar-refractivity contribution in [2.75, 3.05) is 6.54 Å². The van der Waals surface area contributed by atoms with Crippen LogP contribution in [-0.2, 0) is 6.61 Å².